The maximum Gasteiger partial charge on any atom is 0.372 e. The third-order valence-electron chi connectivity index (χ3n) is 9.99. The van der Waals surface area contributed by atoms with E-state index in [4.69, 9.17) is 25.1 Å². The summed E-state index contributed by atoms with van der Waals surface area (Å²) in [5.41, 5.74) is 8.11. The van der Waals surface area contributed by atoms with Gasteiger partial charge in [-0.25, -0.2) is 16.8 Å². The molecule has 3 fully saturated rings. The van der Waals surface area contributed by atoms with E-state index in [2.05, 4.69) is 5.32 Å². The van der Waals surface area contributed by atoms with Crippen molar-refractivity contribution in [3.8, 4) is 22.6 Å². The van der Waals surface area contributed by atoms with E-state index in [1.54, 1.807) is 25.3 Å². The van der Waals surface area contributed by atoms with Crippen molar-refractivity contribution in [2.45, 2.75) is 70.4 Å². The summed E-state index contributed by atoms with van der Waals surface area (Å²) in [7, 11) is -7.39. The minimum atomic E-state index is -5.13. The maximum absolute atomic E-state index is 13.8. The van der Waals surface area contributed by atoms with E-state index in [1.165, 1.54) is 16.4 Å². The molecular weight excluding hydrogens is 709 g/mol. The molecule has 2 atom stereocenters. The molecule has 51 heavy (non-hydrogen) atoms. The molecule has 3 aromatic carbocycles. The molecule has 1 spiro atoms. The molecule has 278 valence electrons. The Bertz CT molecular complexity index is 1930. The molecule has 3 aromatic rings. The maximum atomic E-state index is 13.8. The number of hydrogen-bond acceptors (Lipinski definition) is 11. The van der Waals surface area contributed by atoms with Crippen LogP contribution in [0.2, 0.25) is 0 Å². The van der Waals surface area contributed by atoms with Gasteiger partial charge in [0.1, 0.15) is 30.8 Å². The zero-order valence-electron chi connectivity index (χ0n) is 28.1. The van der Waals surface area contributed by atoms with Crippen molar-refractivity contribution in [1.82, 2.24) is 9.62 Å². The third kappa shape index (κ3) is 7.78. The minimum absolute atomic E-state index is 0.0351. The molecule has 16 heteroatoms. The van der Waals surface area contributed by atoms with Crippen LogP contribution in [0.4, 0.5) is 8.78 Å². The molecule has 0 radical (unpaired) electrons. The first-order valence-corrected chi connectivity index (χ1v) is 19.6. The van der Waals surface area contributed by atoms with Crippen molar-refractivity contribution in [2.24, 2.45) is 5.73 Å². The van der Waals surface area contributed by atoms with Crippen molar-refractivity contribution < 1.29 is 50.0 Å². The van der Waals surface area contributed by atoms with E-state index in [-0.39, 0.29) is 48.5 Å². The molecular formula is C35H43F2N3O9S2. The zero-order chi connectivity index (χ0) is 36.7. The number of nitrogens with one attached hydrogen (secondary N) is 1. The number of ether oxygens (including phenoxy) is 3. The molecule has 5 N–H and O–H groups in total. The number of hydrogen-bond donors (Lipinski definition) is 4. The Morgan fingerprint density at radius 2 is 1.73 bits per heavy atom. The normalized spacial score (nSPS) is 21.0. The van der Waals surface area contributed by atoms with E-state index in [9.17, 15) is 30.7 Å². The number of methoxy groups -OCH3 is 1. The predicted molar refractivity (Wildman–Crippen MR) is 184 cm³/mol. The molecule has 2 aliphatic heterocycles. The standard InChI is InChI=1S/C35H43F2N3O9S2/c1-47-32-10-9-30(18-31(32)24-5-7-25(8-6-24)34(38)11-12-34)51(45,46)40-15-13-33(14-16-40)19-26(21-49-33)39-20-27(42)22-48-28-3-2-4-29(17-28)50(43,44)35(36,37)23-41/h2-10,17-18,26-27,39,41-42H,11-16,19-23,38H2,1H3. The number of aliphatic hydroxyl groups excluding tert-OH is 2. The Morgan fingerprint density at radius 3 is 2.37 bits per heavy atom. The summed E-state index contributed by atoms with van der Waals surface area (Å²) in [6.07, 6.45) is 2.47. The lowest BCUT2D eigenvalue weighted by Crippen LogP contribution is -2.47. The fourth-order valence-corrected chi connectivity index (χ4v) is 9.14. The molecule has 1 saturated carbocycles. The lowest BCUT2D eigenvalue weighted by Gasteiger charge is -2.38. The van der Waals surface area contributed by atoms with Crippen LogP contribution in [0.3, 0.4) is 0 Å². The van der Waals surface area contributed by atoms with Crippen LogP contribution in [0.1, 0.15) is 37.7 Å². The highest BCUT2D eigenvalue weighted by Crippen LogP contribution is 2.44. The second kappa shape index (κ2) is 14.3. The number of sulfone groups is 1. The second-order valence-electron chi connectivity index (χ2n) is 13.5. The van der Waals surface area contributed by atoms with Crippen LogP contribution in [0.5, 0.6) is 11.5 Å². The Labute approximate surface area is 296 Å². The highest BCUT2D eigenvalue weighted by molar-refractivity contribution is 7.92. The SMILES string of the molecule is COc1ccc(S(=O)(=O)N2CCC3(CC2)CC(NCC(O)COc2cccc(S(=O)(=O)C(F)(F)CO)c2)CO3)cc1-c1ccc(C2(N)CC2)cc1. The van der Waals surface area contributed by atoms with Crippen LogP contribution in [0.25, 0.3) is 11.1 Å². The van der Waals surface area contributed by atoms with Crippen molar-refractivity contribution in [1.29, 1.82) is 0 Å². The highest BCUT2D eigenvalue weighted by atomic mass is 32.2. The molecule has 0 aromatic heterocycles. The number of nitrogens with two attached hydrogens (primary N) is 1. The van der Waals surface area contributed by atoms with Gasteiger partial charge in [-0.3, -0.25) is 0 Å². The van der Waals surface area contributed by atoms with Crippen molar-refractivity contribution in [2.75, 3.05) is 46.6 Å². The van der Waals surface area contributed by atoms with E-state index in [0.29, 0.717) is 37.2 Å². The highest BCUT2D eigenvalue weighted by Gasteiger charge is 2.46. The first-order chi connectivity index (χ1) is 24.1. The van der Waals surface area contributed by atoms with Gasteiger partial charge in [0, 0.05) is 36.8 Å². The van der Waals surface area contributed by atoms with Gasteiger partial charge in [0.2, 0.25) is 19.9 Å². The number of rotatable bonds is 14. The van der Waals surface area contributed by atoms with Crippen LogP contribution in [-0.4, -0.2) is 101 Å². The minimum Gasteiger partial charge on any atom is -0.496 e. The molecule has 6 rings (SSSR count). The van der Waals surface area contributed by atoms with Gasteiger partial charge < -0.3 is 35.5 Å². The number of piperidine rings is 1. The van der Waals surface area contributed by atoms with E-state index in [1.807, 2.05) is 24.3 Å². The Hall–Kier alpha value is -3.22. The van der Waals surface area contributed by atoms with Gasteiger partial charge in [-0.05, 0) is 79.6 Å². The summed E-state index contributed by atoms with van der Waals surface area (Å²) in [6.45, 7) is -1.07. The average molecular weight is 752 g/mol. The first-order valence-electron chi connectivity index (χ1n) is 16.7. The number of benzene rings is 3. The summed E-state index contributed by atoms with van der Waals surface area (Å²) < 4.78 is 98.0. The number of nitrogens with zero attached hydrogens (tertiary/aromatic N) is 1. The van der Waals surface area contributed by atoms with Gasteiger partial charge >= 0.3 is 5.25 Å². The molecule has 3 aliphatic rings. The molecule has 2 unspecified atom stereocenters. The molecule has 2 saturated heterocycles. The number of halogens is 2. The fourth-order valence-electron chi connectivity index (χ4n) is 6.63. The topological polar surface area (TPSA) is 178 Å². The Morgan fingerprint density at radius 1 is 1.02 bits per heavy atom. The van der Waals surface area contributed by atoms with Crippen molar-refractivity contribution in [3.63, 3.8) is 0 Å². The van der Waals surface area contributed by atoms with Gasteiger partial charge in [-0.1, -0.05) is 30.3 Å². The average Bonchev–Trinajstić information content (AvgIpc) is 3.77. The predicted octanol–water partition coefficient (Wildman–Crippen LogP) is 3.01. The Kier molecular flexibility index (Phi) is 10.5. The van der Waals surface area contributed by atoms with Crippen LogP contribution in [-0.2, 0) is 30.1 Å². The quantitative estimate of drug-likeness (QED) is 0.191. The summed E-state index contributed by atoms with van der Waals surface area (Å²) in [6, 6.07) is 17.1. The van der Waals surface area contributed by atoms with Gasteiger partial charge in [0.15, 0.2) is 0 Å². The summed E-state index contributed by atoms with van der Waals surface area (Å²) >= 11 is 0. The molecule has 12 nitrogen and oxygen atoms in total. The van der Waals surface area contributed by atoms with E-state index >= 15 is 0 Å². The summed E-state index contributed by atoms with van der Waals surface area (Å²) in [5.74, 6) is 0.529. The molecule has 1 aliphatic carbocycles. The van der Waals surface area contributed by atoms with E-state index in [0.717, 1.165) is 36.1 Å². The van der Waals surface area contributed by atoms with Crippen LogP contribution in [0.15, 0.2) is 76.5 Å². The monoisotopic (exact) mass is 751 g/mol. The third-order valence-corrected chi connectivity index (χ3v) is 13.7. The zero-order valence-corrected chi connectivity index (χ0v) is 29.8. The first kappa shape index (κ1) is 37.5. The van der Waals surface area contributed by atoms with Crippen LogP contribution in [0, 0.1) is 0 Å². The second-order valence-corrected chi connectivity index (χ2v) is 17.6. The van der Waals surface area contributed by atoms with E-state index < -0.39 is 48.3 Å². The number of alkyl halides is 2. The Balaban J connectivity index is 1.00. The van der Waals surface area contributed by atoms with Crippen molar-refractivity contribution in [3.05, 3.63) is 72.3 Å². The smallest absolute Gasteiger partial charge is 0.372 e. The molecule has 0 bridgehead atoms. The van der Waals surface area contributed by atoms with Gasteiger partial charge in [0.05, 0.1) is 29.1 Å². The van der Waals surface area contributed by atoms with Gasteiger partial charge in [-0.2, -0.15) is 13.1 Å². The lowest BCUT2D eigenvalue weighted by molar-refractivity contribution is -0.0312. The van der Waals surface area contributed by atoms with Crippen LogP contribution < -0.4 is 20.5 Å². The summed E-state index contributed by atoms with van der Waals surface area (Å²) in [4.78, 5) is -0.539. The van der Waals surface area contributed by atoms with Gasteiger partial charge in [-0.15, -0.1) is 0 Å². The van der Waals surface area contributed by atoms with Gasteiger partial charge in [0.25, 0.3) is 0 Å². The molecule has 2 heterocycles. The number of aliphatic hydroxyl groups is 2. The molecule has 0 amide bonds. The number of sulfonamides is 1. The van der Waals surface area contributed by atoms with Crippen molar-refractivity contribution >= 4 is 19.9 Å². The summed E-state index contributed by atoms with van der Waals surface area (Å²) in [5, 5.41) is 18.2. The lowest BCUT2D eigenvalue weighted by atomic mass is 9.88. The largest absolute Gasteiger partial charge is 0.496 e. The fraction of sp³-hybridized carbons (Fsp3) is 0.486. The van der Waals surface area contributed by atoms with Crippen LogP contribution >= 0.6 is 0 Å².